The van der Waals surface area contributed by atoms with Crippen molar-refractivity contribution in [3.8, 4) is 0 Å². The van der Waals surface area contributed by atoms with E-state index in [4.69, 9.17) is 16.7 Å². The number of hydrogen-bond acceptors (Lipinski definition) is 3. The lowest BCUT2D eigenvalue weighted by Crippen LogP contribution is -2.40. The minimum absolute atomic E-state index is 0.0342. The summed E-state index contributed by atoms with van der Waals surface area (Å²) in [4.78, 5) is 23.5. The molecule has 2 amide bonds. The number of benzene rings is 1. The Morgan fingerprint density at radius 2 is 2.00 bits per heavy atom. The number of rotatable bonds is 3. The van der Waals surface area contributed by atoms with E-state index in [1.165, 1.54) is 0 Å². The highest BCUT2D eigenvalue weighted by atomic mass is 35.5. The van der Waals surface area contributed by atoms with Crippen molar-refractivity contribution in [3.05, 3.63) is 41.4 Å². The van der Waals surface area contributed by atoms with Gasteiger partial charge >= 0.3 is 11.8 Å². The lowest BCUT2D eigenvalue weighted by molar-refractivity contribution is -0.136. The van der Waals surface area contributed by atoms with Crippen LogP contribution in [-0.2, 0) is 9.59 Å². The Kier molecular flexibility index (Phi) is 4.76. The van der Waals surface area contributed by atoms with Crippen LogP contribution >= 0.6 is 11.6 Å². The summed E-state index contributed by atoms with van der Waals surface area (Å²) in [5, 5.41) is 14.4. The fraction of sp³-hybridized carbons (Fsp3) is 0.286. The third-order valence-electron chi connectivity index (χ3n) is 3.05. The van der Waals surface area contributed by atoms with Crippen LogP contribution < -0.4 is 10.6 Å². The molecule has 2 atom stereocenters. The van der Waals surface area contributed by atoms with Gasteiger partial charge in [0.2, 0.25) is 0 Å². The highest BCUT2D eigenvalue weighted by Gasteiger charge is 2.23. The maximum atomic E-state index is 11.7. The van der Waals surface area contributed by atoms with Gasteiger partial charge in [-0.2, -0.15) is 0 Å². The second-order valence-electron chi connectivity index (χ2n) is 4.58. The summed E-state index contributed by atoms with van der Waals surface area (Å²) in [5.74, 6) is -1.45. The van der Waals surface area contributed by atoms with Crippen LogP contribution in [0.4, 0.5) is 5.69 Å². The lowest BCUT2D eigenvalue weighted by atomic mass is 10.1. The predicted molar refractivity (Wildman–Crippen MR) is 76.3 cm³/mol. The molecule has 106 valence electrons. The molecule has 0 unspecified atom stereocenters. The largest absolute Gasteiger partial charge is 0.396 e. The predicted octanol–water partition coefficient (Wildman–Crippen LogP) is 1.33. The molecule has 0 aliphatic heterocycles. The molecule has 0 heterocycles. The maximum absolute atomic E-state index is 11.7. The van der Waals surface area contributed by atoms with Gasteiger partial charge in [0.1, 0.15) is 0 Å². The first-order valence-corrected chi connectivity index (χ1v) is 6.63. The molecule has 0 spiro atoms. The molecule has 0 saturated heterocycles. The van der Waals surface area contributed by atoms with Crippen LogP contribution in [0.2, 0.25) is 5.02 Å². The van der Waals surface area contributed by atoms with E-state index in [1.807, 2.05) is 6.08 Å². The van der Waals surface area contributed by atoms with E-state index >= 15 is 0 Å². The van der Waals surface area contributed by atoms with Crippen molar-refractivity contribution in [2.24, 2.45) is 5.92 Å². The van der Waals surface area contributed by atoms with E-state index in [0.717, 1.165) is 0 Å². The number of amides is 2. The maximum Gasteiger partial charge on any atom is 0.313 e. The highest BCUT2D eigenvalue weighted by molar-refractivity contribution is 6.41. The number of anilines is 1. The van der Waals surface area contributed by atoms with Crippen molar-refractivity contribution >= 4 is 29.1 Å². The van der Waals surface area contributed by atoms with Gasteiger partial charge in [0.25, 0.3) is 0 Å². The molecule has 2 rings (SSSR count). The first kappa shape index (κ1) is 14.6. The van der Waals surface area contributed by atoms with E-state index in [1.54, 1.807) is 30.3 Å². The molecule has 1 aliphatic carbocycles. The minimum Gasteiger partial charge on any atom is -0.396 e. The standard InChI is InChI=1S/C14H15ClN2O3/c15-11-3-1-2-4-12(11)17-14(20)13(19)16-10-6-5-9(7-10)8-18/h1-6,9-10,18H,7-8H2,(H,16,19)(H,17,20)/t9-,10+/m0/s1. The van der Waals surface area contributed by atoms with Crippen molar-refractivity contribution in [2.75, 3.05) is 11.9 Å². The van der Waals surface area contributed by atoms with Crippen molar-refractivity contribution in [1.82, 2.24) is 5.32 Å². The summed E-state index contributed by atoms with van der Waals surface area (Å²) in [6.45, 7) is 0.0364. The average molecular weight is 295 g/mol. The Bertz CT molecular complexity index is 545. The summed E-state index contributed by atoms with van der Waals surface area (Å²) in [6, 6.07) is 6.46. The average Bonchev–Trinajstić information content (AvgIpc) is 2.89. The van der Waals surface area contributed by atoms with Gasteiger partial charge in [0, 0.05) is 18.6 Å². The third-order valence-corrected chi connectivity index (χ3v) is 3.38. The van der Waals surface area contributed by atoms with Crippen LogP contribution in [0.5, 0.6) is 0 Å². The van der Waals surface area contributed by atoms with Crippen molar-refractivity contribution < 1.29 is 14.7 Å². The van der Waals surface area contributed by atoms with E-state index in [-0.39, 0.29) is 18.6 Å². The molecule has 3 N–H and O–H groups in total. The van der Waals surface area contributed by atoms with E-state index in [9.17, 15) is 9.59 Å². The summed E-state index contributed by atoms with van der Waals surface area (Å²) in [7, 11) is 0. The Morgan fingerprint density at radius 1 is 1.25 bits per heavy atom. The zero-order chi connectivity index (χ0) is 14.5. The Morgan fingerprint density at radius 3 is 2.65 bits per heavy atom. The Balaban J connectivity index is 1.89. The quantitative estimate of drug-likeness (QED) is 0.581. The van der Waals surface area contributed by atoms with Crippen LogP contribution in [0.1, 0.15) is 6.42 Å². The van der Waals surface area contributed by atoms with Gasteiger partial charge in [0.15, 0.2) is 0 Å². The van der Waals surface area contributed by atoms with Crippen LogP contribution in [0.3, 0.4) is 0 Å². The molecule has 1 aromatic rings. The molecule has 0 radical (unpaired) electrons. The van der Waals surface area contributed by atoms with Crippen LogP contribution in [0.15, 0.2) is 36.4 Å². The molecular weight excluding hydrogens is 280 g/mol. The summed E-state index contributed by atoms with van der Waals surface area (Å²) in [6.07, 6.45) is 4.21. The second-order valence-corrected chi connectivity index (χ2v) is 4.98. The number of nitrogens with one attached hydrogen (secondary N) is 2. The van der Waals surface area contributed by atoms with Crippen LogP contribution in [-0.4, -0.2) is 29.6 Å². The zero-order valence-electron chi connectivity index (χ0n) is 10.7. The van der Waals surface area contributed by atoms with Gasteiger partial charge in [0.05, 0.1) is 10.7 Å². The smallest absolute Gasteiger partial charge is 0.313 e. The first-order chi connectivity index (χ1) is 9.60. The van der Waals surface area contributed by atoms with Gasteiger partial charge in [-0.3, -0.25) is 9.59 Å². The van der Waals surface area contributed by atoms with Gasteiger partial charge in [-0.15, -0.1) is 0 Å². The van der Waals surface area contributed by atoms with Gasteiger partial charge in [-0.25, -0.2) is 0 Å². The molecule has 0 saturated carbocycles. The third kappa shape index (κ3) is 3.59. The van der Waals surface area contributed by atoms with E-state index in [0.29, 0.717) is 17.1 Å². The van der Waals surface area contributed by atoms with E-state index < -0.39 is 11.8 Å². The van der Waals surface area contributed by atoms with Crippen LogP contribution in [0, 0.1) is 5.92 Å². The van der Waals surface area contributed by atoms with Gasteiger partial charge in [-0.1, -0.05) is 35.9 Å². The van der Waals surface area contributed by atoms with Gasteiger partial charge < -0.3 is 15.7 Å². The molecule has 6 heteroatoms. The summed E-state index contributed by atoms with van der Waals surface area (Å²) >= 11 is 5.90. The highest BCUT2D eigenvalue weighted by Crippen LogP contribution is 2.20. The molecule has 1 aliphatic rings. The van der Waals surface area contributed by atoms with Crippen molar-refractivity contribution in [1.29, 1.82) is 0 Å². The first-order valence-electron chi connectivity index (χ1n) is 6.25. The van der Waals surface area contributed by atoms with Crippen molar-refractivity contribution in [3.63, 3.8) is 0 Å². The van der Waals surface area contributed by atoms with E-state index in [2.05, 4.69) is 10.6 Å². The van der Waals surface area contributed by atoms with Gasteiger partial charge in [-0.05, 0) is 18.6 Å². The number of carbonyl (C=O) groups excluding carboxylic acids is 2. The number of aliphatic hydroxyl groups is 1. The molecule has 0 bridgehead atoms. The Hall–Kier alpha value is -1.85. The monoisotopic (exact) mass is 294 g/mol. The zero-order valence-corrected chi connectivity index (χ0v) is 11.4. The normalized spacial score (nSPS) is 20.7. The topological polar surface area (TPSA) is 78.4 Å². The molecule has 0 fully saturated rings. The number of carbonyl (C=O) groups is 2. The second kappa shape index (κ2) is 6.54. The SMILES string of the molecule is O=C(Nc1ccccc1Cl)C(=O)N[C@@H]1C=C[C@H](CO)C1. The number of aliphatic hydroxyl groups excluding tert-OH is 1. The molecule has 20 heavy (non-hydrogen) atoms. The fourth-order valence-electron chi connectivity index (χ4n) is 1.99. The fourth-order valence-corrected chi connectivity index (χ4v) is 2.18. The molecule has 0 aromatic heterocycles. The number of para-hydroxylation sites is 1. The molecular formula is C14H15ClN2O3. The molecule has 1 aromatic carbocycles. The van der Waals surface area contributed by atoms with Crippen LogP contribution in [0.25, 0.3) is 0 Å². The number of halogens is 1. The number of hydrogen-bond donors (Lipinski definition) is 3. The Labute approximate surface area is 121 Å². The lowest BCUT2D eigenvalue weighted by Gasteiger charge is -2.12. The molecule has 5 nitrogen and oxygen atoms in total. The summed E-state index contributed by atoms with van der Waals surface area (Å²) < 4.78 is 0. The minimum atomic E-state index is -0.765. The summed E-state index contributed by atoms with van der Waals surface area (Å²) in [5.41, 5.74) is 0.393. The van der Waals surface area contributed by atoms with Crippen molar-refractivity contribution in [2.45, 2.75) is 12.5 Å².